The predicted octanol–water partition coefficient (Wildman–Crippen LogP) is 14.8. The van der Waals surface area contributed by atoms with Gasteiger partial charge in [-0.1, -0.05) is 186 Å². The van der Waals surface area contributed by atoms with Crippen LogP contribution in [-0.4, -0.2) is 9.13 Å². The summed E-state index contributed by atoms with van der Waals surface area (Å²) in [6, 6.07) is 72.9. The third kappa shape index (κ3) is 7.30. The molecule has 0 aliphatic carbocycles. The topological polar surface area (TPSA) is 9.86 Å². The van der Waals surface area contributed by atoms with Gasteiger partial charge in [0.25, 0.3) is 0 Å². The maximum atomic E-state index is 2.44. The molecule has 0 aliphatic heterocycles. The molecule has 0 saturated carbocycles. The van der Waals surface area contributed by atoms with Crippen molar-refractivity contribution in [1.29, 1.82) is 0 Å². The summed E-state index contributed by atoms with van der Waals surface area (Å²) in [6.07, 6.45) is 0. The van der Waals surface area contributed by atoms with E-state index in [1.807, 2.05) is 54.6 Å². The van der Waals surface area contributed by atoms with E-state index in [1.54, 1.807) is 0 Å². The van der Waals surface area contributed by atoms with E-state index in [9.17, 15) is 0 Å². The predicted molar refractivity (Wildman–Crippen MR) is 242 cm³/mol. The normalized spacial score (nSPS) is 10.9. The van der Waals surface area contributed by atoms with Gasteiger partial charge in [-0.3, -0.25) is 0 Å². The number of hydrogen-bond acceptors (Lipinski definition) is 0. The largest absolute Gasteiger partial charge is 0.309 e. The van der Waals surface area contributed by atoms with Gasteiger partial charge in [0.15, 0.2) is 0 Å². The zero-order chi connectivity index (χ0) is 38.4. The summed E-state index contributed by atoms with van der Waals surface area (Å²) >= 11 is 0. The summed E-state index contributed by atoms with van der Waals surface area (Å²) in [4.78, 5) is 0. The monoisotopic (exact) mass is 722 g/mol. The second kappa shape index (κ2) is 16.2. The van der Waals surface area contributed by atoms with Crippen molar-refractivity contribution in [2.24, 2.45) is 0 Å². The van der Waals surface area contributed by atoms with Crippen LogP contribution in [0.25, 0.3) is 65.8 Å². The third-order valence-electron chi connectivity index (χ3n) is 10.3. The highest BCUT2D eigenvalue weighted by Gasteiger charge is 2.22. The molecular formula is C54H46N2. The first kappa shape index (κ1) is 36.1. The van der Waals surface area contributed by atoms with Crippen molar-refractivity contribution in [2.45, 2.75) is 27.7 Å². The lowest BCUT2D eigenvalue weighted by atomic mass is 9.98. The van der Waals surface area contributed by atoms with E-state index in [4.69, 9.17) is 0 Å². The number of nitrogens with zero attached hydrogens (tertiary/aromatic N) is 2. The van der Waals surface area contributed by atoms with Crippen LogP contribution >= 0.6 is 0 Å². The summed E-state index contributed by atoms with van der Waals surface area (Å²) in [7, 11) is 0. The molecule has 11 rings (SSSR count). The maximum absolute atomic E-state index is 2.44. The molecule has 11 aromatic rings. The minimum absolute atomic E-state index is 1.18. The third-order valence-corrected chi connectivity index (χ3v) is 10.3. The molecule has 9 aromatic carbocycles. The van der Waals surface area contributed by atoms with E-state index < -0.39 is 0 Å². The number of fused-ring (bicyclic) bond motifs is 4. The van der Waals surface area contributed by atoms with Crippen molar-refractivity contribution in [3.05, 3.63) is 229 Å². The van der Waals surface area contributed by atoms with Crippen molar-refractivity contribution in [3.63, 3.8) is 0 Å². The molecular weight excluding hydrogens is 677 g/mol. The van der Waals surface area contributed by atoms with Gasteiger partial charge < -0.3 is 9.13 Å². The van der Waals surface area contributed by atoms with Gasteiger partial charge in [-0.05, 0) is 80.9 Å². The van der Waals surface area contributed by atoms with Crippen LogP contribution in [0.1, 0.15) is 22.3 Å². The van der Waals surface area contributed by atoms with Crippen LogP contribution < -0.4 is 0 Å². The first-order valence-electron chi connectivity index (χ1n) is 19.4. The van der Waals surface area contributed by atoms with Crippen molar-refractivity contribution in [3.8, 4) is 11.4 Å². The fraction of sp³-hybridized carbons (Fsp3) is 0.0741. The number of aromatic nitrogens is 2. The summed E-state index contributed by atoms with van der Waals surface area (Å²) in [6.45, 7) is 8.39. The van der Waals surface area contributed by atoms with Crippen molar-refractivity contribution in [2.75, 3.05) is 0 Å². The smallest absolute Gasteiger partial charge is 0.0568 e. The second-order valence-electron chi connectivity index (χ2n) is 14.5. The molecule has 56 heavy (non-hydrogen) atoms. The molecule has 0 aliphatic rings. The summed E-state index contributed by atoms with van der Waals surface area (Å²) < 4.78 is 4.86. The summed E-state index contributed by atoms with van der Waals surface area (Å²) in [5.74, 6) is 0. The standard InChI is InChI=1S/C33H22N2.3C7H8/c1-21-14-17-24(18-15-21)35-28-13-7-8-22-16-19-26-32-25-11-5-6-12-27(25)34(23-9-3-2-4-10-23)29(32)20-30(35)33(26)31(22)28;3*1-7-5-3-2-4-6-7/h2-20H,1H3;3*2-6H,1H3. The Balaban J connectivity index is 0.000000170. The molecule has 0 unspecified atom stereocenters. The lowest BCUT2D eigenvalue weighted by Gasteiger charge is -2.11. The Hall–Kier alpha value is -6.90. The SMILES string of the molecule is Cc1ccc(-n2c3cccc4ccc5c6c7ccccc7n(-c7ccccc7)c6cc2c5c43)cc1.Cc1ccccc1.Cc1ccccc1.Cc1ccccc1. The average Bonchev–Trinajstić information content (AvgIpc) is 3.76. The lowest BCUT2D eigenvalue weighted by Crippen LogP contribution is -1.95. The van der Waals surface area contributed by atoms with Crippen LogP contribution in [0.2, 0.25) is 0 Å². The first-order valence-corrected chi connectivity index (χ1v) is 19.4. The number of benzene rings is 9. The molecule has 0 atom stereocenters. The van der Waals surface area contributed by atoms with Gasteiger partial charge in [0.05, 0.1) is 22.1 Å². The molecule has 272 valence electrons. The molecule has 2 heteroatoms. The molecule has 0 amide bonds. The maximum Gasteiger partial charge on any atom is 0.0568 e. The molecule has 0 radical (unpaired) electrons. The quantitative estimate of drug-likeness (QED) is 0.157. The molecule has 0 fully saturated rings. The van der Waals surface area contributed by atoms with Crippen LogP contribution in [0, 0.1) is 27.7 Å². The van der Waals surface area contributed by atoms with E-state index in [-0.39, 0.29) is 0 Å². The van der Waals surface area contributed by atoms with Gasteiger partial charge in [-0.2, -0.15) is 0 Å². The number of para-hydroxylation sites is 2. The highest BCUT2D eigenvalue weighted by Crippen LogP contribution is 2.45. The van der Waals surface area contributed by atoms with E-state index in [2.05, 4.69) is 188 Å². The molecule has 0 saturated heterocycles. The van der Waals surface area contributed by atoms with Gasteiger partial charge in [0.2, 0.25) is 0 Å². The molecule has 0 bridgehead atoms. The van der Waals surface area contributed by atoms with Crippen molar-refractivity contribution >= 4 is 54.4 Å². The molecule has 2 heterocycles. The van der Waals surface area contributed by atoms with Gasteiger partial charge in [-0.25, -0.2) is 0 Å². The van der Waals surface area contributed by atoms with E-state index >= 15 is 0 Å². The molecule has 2 aromatic heterocycles. The zero-order valence-corrected chi connectivity index (χ0v) is 32.5. The van der Waals surface area contributed by atoms with E-state index in [0.29, 0.717) is 0 Å². The Morgan fingerprint density at radius 2 is 0.714 bits per heavy atom. The number of hydrogen-bond donors (Lipinski definition) is 0. The van der Waals surface area contributed by atoms with Crippen LogP contribution in [0.15, 0.2) is 206 Å². The van der Waals surface area contributed by atoms with Crippen molar-refractivity contribution in [1.82, 2.24) is 9.13 Å². The van der Waals surface area contributed by atoms with Gasteiger partial charge in [0.1, 0.15) is 0 Å². The highest BCUT2D eigenvalue weighted by atomic mass is 15.0. The highest BCUT2D eigenvalue weighted by molar-refractivity contribution is 6.33. The Morgan fingerprint density at radius 1 is 0.268 bits per heavy atom. The van der Waals surface area contributed by atoms with Gasteiger partial charge in [0, 0.05) is 32.9 Å². The summed E-state index contributed by atoms with van der Waals surface area (Å²) in [5.41, 5.74) is 12.6. The minimum atomic E-state index is 1.18. The molecule has 2 nitrogen and oxygen atoms in total. The Bertz CT molecular complexity index is 2870. The van der Waals surface area contributed by atoms with Crippen molar-refractivity contribution < 1.29 is 0 Å². The van der Waals surface area contributed by atoms with Crippen LogP contribution in [0.4, 0.5) is 0 Å². The average molecular weight is 723 g/mol. The fourth-order valence-electron chi connectivity index (χ4n) is 7.64. The Labute approximate surface area is 329 Å². The zero-order valence-electron chi connectivity index (χ0n) is 32.5. The van der Waals surface area contributed by atoms with E-state index in [0.717, 1.165) is 0 Å². The summed E-state index contributed by atoms with van der Waals surface area (Å²) in [5, 5.41) is 7.92. The molecule has 0 N–H and O–H groups in total. The van der Waals surface area contributed by atoms with Crippen LogP contribution in [-0.2, 0) is 0 Å². The lowest BCUT2D eigenvalue weighted by molar-refractivity contribution is 1.16. The number of rotatable bonds is 2. The Kier molecular flexibility index (Phi) is 10.5. The van der Waals surface area contributed by atoms with Gasteiger partial charge >= 0.3 is 0 Å². The Morgan fingerprint density at radius 3 is 1.27 bits per heavy atom. The minimum Gasteiger partial charge on any atom is -0.309 e. The van der Waals surface area contributed by atoms with Gasteiger partial charge in [-0.15, -0.1) is 0 Å². The first-order chi connectivity index (χ1) is 27.5. The number of aryl methyl sites for hydroxylation is 4. The fourth-order valence-corrected chi connectivity index (χ4v) is 7.64. The van der Waals surface area contributed by atoms with E-state index in [1.165, 1.54) is 88.0 Å². The van der Waals surface area contributed by atoms with Crippen LogP contribution in [0.3, 0.4) is 0 Å². The second-order valence-corrected chi connectivity index (χ2v) is 14.5. The molecule has 0 spiro atoms. The van der Waals surface area contributed by atoms with Crippen LogP contribution in [0.5, 0.6) is 0 Å².